The van der Waals surface area contributed by atoms with Crippen molar-refractivity contribution in [3.8, 4) is 11.5 Å². The van der Waals surface area contributed by atoms with E-state index in [4.69, 9.17) is 9.47 Å². The van der Waals surface area contributed by atoms with Crippen LogP contribution < -0.4 is 20.1 Å². The maximum atomic E-state index is 12.0. The van der Waals surface area contributed by atoms with Gasteiger partial charge in [-0.15, -0.1) is 0 Å². The molecule has 0 fully saturated rings. The molecule has 7 heteroatoms. The number of fused-ring (bicyclic) bond motifs is 1. The van der Waals surface area contributed by atoms with Gasteiger partial charge in [-0.05, 0) is 35.9 Å². The Morgan fingerprint density at radius 2 is 1.96 bits per heavy atom. The van der Waals surface area contributed by atoms with Crippen molar-refractivity contribution in [1.29, 1.82) is 0 Å². The van der Waals surface area contributed by atoms with Crippen LogP contribution in [0.15, 0.2) is 42.5 Å². The number of carbonyl (C=O) groups is 2. The second kappa shape index (κ2) is 7.67. The Labute approximate surface area is 144 Å². The fourth-order valence-electron chi connectivity index (χ4n) is 2.42. The van der Waals surface area contributed by atoms with Gasteiger partial charge in [0.1, 0.15) is 0 Å². The Hall–Kier alpha value is -3.06. The van der Waals surface area contributed by atoms with Crippen molar-refractivity contribution in [1.82, 2.24) is 5.32 Å². The number of hydrogen-bond acceptors (Lipinski definition) is 6. The molecule has 0 aliphatic carbocycles. The number of amides is 1. The molecule has 2 N–H and O–H groups in total. The number of methoxy groups -OCH3 is 1. The maximum absolute atomic E-state index is 12.0. The molecule has 2 aromatic carbocycles. The molecule has 1 heterocycles. The van der Waals surface area contributed by atoms with Crippen molar-refractivity contribution in [2.75, 3.05) is 25.8 Å². The first-order chi connectivity index (χ1) is 12.2. The van der Waals surface area contributed by atoms with Gasteiger partial charge in [-0.2, -0.15) is 0 Å². The Morgan fingerprint density at radius 1 is 1.12 bits per heavy atom. The quantitative estimate of drug-likeness (QED) is 0.780. The van der Waals surface area contributed by atoms with E-state index < -0.39 is 5.97 Å². The summed E-state index contributed by atoms with van der Waals surface area (Å²) >= 11 is 0. The molecule has 0 spiro atoms. The SMILES string of the molecule is COC(=O)c1cccc(NC(=O)CNCc2ccc3c(c2)OCO3)c1. The molecule has 3 rings (SSSR count). The average molecular weight is 342 g/mol. The number of anilines is 1. The van der Waals surface area contributed by atoms with Crippen LogP contribution in [0.25, 0.3) is 0 Å². The fourth-order valence-corrected chi connectivity index (χ4v) is 2.42. The number of esters is 1. The molecule has 1 aliphatic heterocycles. The van der Waals surface area contributed by atoms with Gasteiger partial charge in [0.25, 0.3) is 0 Å². The van der Waals surface area contributed by atoms with Crippen molar-refractivity contribution >= 4 is 17.6 Å². The van der Waals surface area contributed by atoms with Gasteiger partial charge in [-0.3, -0.25) is 4.79 Å². The zero-order chi connectivity index (χ0) is 17.6. The van der Waals surface area contributed by atoms with Crippen LogP contribution in [0.4, 0.5) is 5.69 Å². The third-order valence-electron chi connectivity index (χ3n) is 3.62. The normalized spacial score (nSPS) is 11.9. The molecule has 0 radical (unpaired) electrons. The van der Waals surface area contributed by atoms with Crippen molar-refractivity contribution in [2.24, 2.45) is 0 Å². The highest BCUT2D eigenvalue weighted by Gasteiger charge is 2.13. The lowest BCUT2D eigenvalue weighted by atomic mass is 10.2. The van der Waals surface area contributed by atoms with Crippen LogP contribution in [0.2, 0.25) is 0 Å². The average Bonchev–Trinajstić information content (AvgIpc) is 3.09. The fraction of sp³-hybridized carbons (Fsp3) is 0.222. The first kappa shape index (κ1) is 16.8. The summed E-state index contributed by atoms with van der Waals surface area (Å²) in [6.45, 7) is 0.891. The summed E-state index contributed by atoms with van der Waals surface area (Å²) in [7, 11) is 1.31. The summed E-state index contributed by atoms with van der Waals surface area (Å²) in [5.41, 5.74) is 1.91. The summed E-state index contributed by atoms with van der Waals surface area (Å²) in [5.74, 6) is 0.787. The molecule has 2 aromatic rings. The largest absolute Gasteiger partial charge is 0.465 e. The van der Waals surface area contributed by atoms with Gasteiger partial charge < -0.3 is 24.8 Å². The van der Waals surface area contributed by atoms with Crippen LogP contribution in [0.3, 0.4) is 0 Å². The molecule has 0 unspecified atom stereocenters. The lowest BCUT2D eigenvalue weighted by molar-refractivity contribution is -0.115. The highest BCUT2D eigenvalue weighted by Crippen LogP contribution is 2.32. The minimum atomic E-state index is -0.447. The molecule has 130 valence electrons. The summed E-state index contributed by atoms with van der Waals surface area (Å²) in [6.07, 6.45) is 0. The molecule has 7 nitrogen and oxygen atoms in total. The van der Waals surface area contributed by atoms with Gasteiger partial charge >= 0.3 is 5.97 Å². The number of carbonyl (C=O) groups excluding carboxylic acids is 2. The molecule has 25 heavy (non-hydrogen) atoms. The molecule has 0 saturated heterocycles. The van der Waals surface area contributed by atoms with E-state index in [-0.39, 0.29) is 19.2 Å². The zero-order valence-corrected chi connectivity index (χ0v) is 13.7. The molecule has 0 atom stereocenters. The summed E-state index contributed by atoms with van der Waals surface area (Å²) in [6, 6.07) is 12.2. The highest BCUT2D eigenvalue weighted by atomic mass is 16.7. The van der Waals surface area contributed by atoms with Crippen LogP contribution in [0.1, 0.15) is 15.9 Å². The molecular formula is C18H18N2O5. The molecule has 0 saturated carbocycles. The summed E-state index contributed by atoms with van der Waals surface area (Å²) in [5, 5.41) is 5.80. The van der Waals surface area contributed by atoms with E-state index in [1.165, 1.54) is 7.11 Å². The third kappa shape index (κ3) is 4.27. The Kier molecular flexibility index (Phi) is 5.15. The van der Waals surface area contributed by atoms with Crippen LogP contribution in [-0.2, 0) is 16.1 Å². The van der Waals surface area contributed by atoms with Crippen LogP contribution >= 0.6 is 0 Å². The number of benzene rings is 2. The molecule has 0 aromatic heterocycles. The van der Waals surface area contributed by atoms with Gasteiger partial charge in [-0.1, -0.05) is 12.1 Å². The van der Waals surface area contributed by atoms with Crippen LogP contribution in [0.5, 0.6) is 11.5 Å². The lowest BCUT2D eigenvalue weighted by Crippen LogP contribution is -2.27. The molecule has 1 aliphatic rings. The monoisotopic (exact) mass is 342 g/mol. The molecule has 1 amide bonds. The standard InChI is InChI=1S/C18H18N2O5/c1-23-18(22)13-3-2-4-14(8-13)20-17(21)10-19-9-12-5-6-15-16(7-12)25-11-24-15/h2-8,19H,9-11H2,1H3,(H,20,21). The van der Waals surface area contributed by atoms with Crippen molar-refractivity contribution in [2.45, 2.75) is 6.54 Å². The van der Waals surface area contributed by atoms with Crippen LogP contribution in [0, 0.1) is 0 Å². The van der Waals surface area contributed by atoms with E-state index >= 15 is 0 Å². The Balaban J connectivity index is 1.49. The molecule has 0 bridgehead atoms. The first-order valence-corrected chi connectivity index (χ1v) is 7.73. The first-order valence-electron chi connectivity index (χ1n) is 7.73. The Morgan fingerprint density at radius 3 is 2.80 bits per heavy atom. The van der Waals surface area contributed by atoms with E-state index in [1.807, 2.05) is 18.2 Å². The minimum absolute atomic E-state index is 0.136. The highest BCUT2D eigenvalue weighted by molar-refractivity contribution is 5.95. The van der Waals surface area contributed by atoms with Gasteiger partial charge in [-0.25, -0.2) is 4.79 Å². The van der Waals surface area contributed by atoms with E-state index in [0.29, 0.717) is 23.5 Å². The predicted molar refractivity (Wildman–Crippen MR) is 90.7 cm³/mol. The van der Waals surface area contributed by atoms with Gasteiger partial charge in [0, 0.05) is 12.2 Å². The second-order valence-corrected chi connectivity index (χ2v) is 5.41. The minimum Gasteiger partial charge on any atom is -0.465 e. The van der Waals surface area contributed by atoms with Gasteiger partial charge in [0.05, 0.1) is 19.2 Å². The number of ether oxygens (including phenoxy) is 3. The van der Waals surface area contributed by atoms with Crippen molar-refractivity contribution in [3.05, 3.63) is 53.6 Å². The van der Waals surface area contributed by atoms with Crippen LogP contribution in [-0.4, -0.2) is 32.3 Å². The van der Waals surface area contributed by atoms with E-state index in [2.05, 4.69) is 15.4 Å². The zero-order valence-electron chi connectivity index (χ0n) is 13.7. The maximum Gasteiger partial charge on any atom is 0.337 e. The number of nitrogens with one attached hydrogen (secondary N) is 2. The lowest BCUT2D eigenvalue weighted by Gasteiger charge is -2.08. The number of hydrogen-bond donors (Lipinski definition) is 2. The Bertz CT molecular complexity index is 791. The van der Waals surface area contributed by atoms with E-state index in [0.717, 1.165) is 11.3 Å². The smallest absolute Gasteiger partial charge is 0.337 e. The predicted octanol–water partition coefficient (Wildman–Crippen LogP) is 1.93. The second-order valence-electron chi connectivity index (χ2n) is 5.41. The summed E-state index contributed by atoms with van der Waals surface area (Å²) < 4.78 is 15.2. The van der Waals surface area contributed by atoms with Crippen molar-refractivity contribution < 1.29 is 23.8 Å². The number of rotatable bonds is 6. The topological polar surface area (TPSA) is 85.9 Å². The van der Waals surface area contributed by atoms with E-state index in [9.17, 15) is 9.59 Å². The summed E-state index contributed by atoms with van der Waals surface area (Å²) in [4.78, 5) is 23.5. The third-order valence-corrected chi connectivity index (χ3v) is 3.62. The van der Waals surface area contributed by atoms with E-state index in [1.54, 1.807) is 24.3 Å². The van der Waals surface area contributed by atoms with Gasteiger partial charge in [0.2, 0.25) is 12.7 Å². The van der Waals surface area contributed by atoms with Gasteiger partial charge in [0.15, 0.2) is 11.5 Å². The van der Waals surface area contributed by atoms with Crippen molar-refractivity contribution in [3.63, 3.8) is 0 Å². The molecular weight excluding hydrogens is 324 g/mol.